The smallest absolute Gasteiger partial charge is 0.221 e. The zero-order valence-electron chi connectivity index (χ0n) is 12.9. The maximum Gasteiger partial charge on any atom is 0.221 e. The van der Waals surface area contributed by atoms with Crippen molar-refractivity contribution in [3.8, 4) is 11.5 Å². The summed E-state index contributed by atoms with van der Waals surface area (Å²) in [7, 11) is -1.18. The molecule has 3 rings (SSSR count). The molecule has 0 saturated carbocycles. The van der Waals surface area contributed by atoms with E-state index in [1.807, 2.05) is 19.1 Å². The van der Waals surface area contributed by atoms with Crippen molar-refractivity contribution >= 4 is 10.8 Å². The summed E-state index contributed by atoms with van der Waals surface area (Å²) in [6, 6.07) is 4.05. The summed E-state index contributed by atoms with van der Waals surface area (Å²) < 4.78 is 25.0. The number of nitrogens with zero attached hydrogens (tertiary/aromatic N) is 3. The van der Waals surface area contributed by atoms with Crippen molar-refractivity contribution in [2.24, 2.45) is 0 Å². The normalized spacial score (nSPS) is 17.9. The maximum atomic E-state index is 11.7. The molecule has 0 amide bonds. The molecule has 22 heavy (non-hydrogen) atoms. The third-order valence-electron chi connectivity index (χ3n) is 3.56. The zero-order valence-corrected chi connectivity index (χ0v) is 13.7. The van der Waals surface area contributed by atoms with E-state index >= 15 is 0 Å². The lowest BCUT2D eigenvalue weighted by atomic mass is 10.1. The lowest BCUT2D eigenvalue weighted by molar-refractivity contribution is 0.254. The Hall–Kier alpha value is -1.89. The molecule has 0 N–H and O–H groups in total. The summed E-state index contributed by atoms with van der Waals surface area (Å²) in [5.41, 5.74) is 2.14. The van der Waals surface area contributed by atoms with E-state index in [2.05, 4.69) is 17.1 Å². The predicted molar refractivity (Wildman–Crippen MR) is 82.9 cm³/mol. The summed E-state index contributed by atoms with van der Waals surface area (Å²) in [5.74, 6) is 1.73. The second-order valence-electron chi connectivity index (χ2n) is 5.33. The van der Waals surface area contributed by atoms with Gasteiger partial charge in [0.2, 0.25) is 5.16 Å². The number of rotatable bonds is 5. The van der Waals surface area contributed by atoms with Crippen LogP contribution in [0.3, 0.4) is 0 Å². The Morgan fingerprint density at radius 2 is 2.32 bits per heavy atom. The Labute approximate surface area is 131 Å². The molecule has 0 radical (unpaired) electrons. The Balaban J connectivity index is 1.97. The second kappa shape index (κ2) is 6.08. The van der Waals surface area contributed by atoms with Gasteiger partial charge in [-0.05, 0) is 26.0 Å². The van der Waals surface area contributed by atoms with E-state index in [1.165, 1.54) is 5.56 Å². The Morgan fingerprint density at radius 1 is 1.50 bits per heavy atom. The van der Waals surface area contributed by atoms with Crippen LogP contribution in [0.1, 0.15) is 25.0 Å². The minimum absolute atomic E-state index is 0.188. The number of fused-ring (bicyclic) bond motifs is 1. The van der Waals surface area contributed by atoms with Crippen molar-refractivity contribution in [1.29, 1.82) is 0 Å². The molecular formula is C15H19N3O3S. The van der Waals surface area contributed by atoms with Gasteiger partial charge in [-0.25, -0.2) is 0 Å². The molecule has 0 unspecified atom stereocenters. The number of benzene rings is 1. The van der Waals surface area contributed by atoms with E-state index in [0.29, 0.717) is 18.3 Å². The first-order valence-corrected chi connectivity index (χ1v) is 8.80. The highest BCUT2D eigenvalue weighted by atomic mass is 32.2. The fourth-order valence-electron chi connectivity index (χ4n) is 2.65. The summed E-state index contributed by atoms with van der Waals surface area (Å²) >= 11 is 0. The Bertz CT molecular complexity index is 714. The summed E-state index contributed by atoms with van der Waals surface area (Å²) in [4.78, 5) is 0. The molecule has 1 aliphatic heterocycles. The quantitative estimate of drug-likeness (QED) is 0.840. The van der Waals surface area contributed by atoms with Crippen molar-refractivity contribution in [2.45, 2.75) is 38.1 Å². The van der Waals surface area contributed by atoms with E-state index in [4.69, 9.17) is 9.47 Å². The minimum atomic E-state index is -1.18. The van der Waals surface area contributed by atoms with Gasteiger partial charge in [0.15, 0.2) is 0 Å². The van der Waals surface area contributed by atoms with Crippen LogP contribution in [0.5, 0.6) is 11.5 Å². The lowest BCUT2D eigenvalue weighted by Gasteiger charge is -2.13. The average Bonchev–Trinajstić information content (AvgIpc) is 3.05. The fraction of sp³-hybridized carbons (Fsp3) is 0.467. The van der Waals surface area contributed by atoms with E-state index < -0.39 is 10.8 Å². The first-order valence-electron chi connectivity index (χ1n) is 7.25. The first-order chi connectivity index (χ1) is 10.6. The summed E-state index contributed by atoms with van der Waals surface area (Å²) in [6.45, 7) is 5.11. The predicted octanol–water partition coefficient (Wildman–Crippen LogP) is 1.79. The van der Waals surface area contributed by atoms with Gasteiger partial charge in [-0.2, -0.15) is 0 Å². The molecule has 1 aliphatic rings. The highest BCUT2D eigenvalue weighted by molar-refractivity contribution is 7.84. The van der Waals surface area contributed by atoms with Crippen LogP contribution >= 0.6 is 0 Å². The number of aromatic nitrogens is 3. The molecule has 2 aromatic rings. The van der Waals surface area contributed by atoms with E-state index in [0.717, 1.165) is 23.5 Å². The van der Waals surface area contributed by atoms with Crippen LogP contribution in [-0.2, 0) is 23.8 Å². The second-order valence-corrected chi connectivity index (χ2v) is 6.60. The van der Waals surface area contributed by atoms with E-state index in [1.54, 1.807) is 17.2 Å². The molecule has 118 valence electrons. The largest absolute Gasteiger partial charge is 0.494 e. The average molecular weight is 321 g/mol. The summed E-state index contributed by atoms with van der Waals surface area (Å²) in [5, 5.41) is 8.22. The SMILES string of the molecule is CCOc1cc2c(cc1Cn1cnnc1[S@](C)=O)O[C@H](C)C2. The van der Waals surface area contributed by atoms with Gasteiger partial charge in [-0.15, -0.1) is 10.2 Å². The van der Waals surface area contributed by atoms with Gasteiger partial charge in [0.1, 0.15) is 23.9 Å². The first kappa shape index (κ1) is 15.0. The number of hydrogen-bond acceptors (Lipinski definition) is 5. The highest BCUT2D eigenvalue weighted by Gasteiger charge is 2.22. The van der Waals surface area contributed by atoms with Gasteiger partial charge in [-0.1, -0.05) is 0 Å². The standard InChI is InChI=1S/C15H19N3O3S/c1-4-20-13-6-11-5-10(2)21-14(11)7-12(13)8-18-9-16-17-15(18)22(3)19/h6-7,9-10H,4-5,8H2,1-3H3/t10-,22+/m1/s1. The van der Waals surface area contributed by atoms with Gasteiger partial charge >= 0.3 is 0 Å². The minimum Gasteiger partial charge on any atom is -0.494 e. The molecule has 6 nitrogen and oxygen atoms in total. The van der Waals surface area contributed by atoms with Crippen molar-refractivity contribution in [3.05, 3.63) is 29.6 Å². The Kier molecular flexibility index (Phi) is 4.15. The van der Waals surface area contributed by atoms with Gasteiger partial charge in [0.25, 0.3) is 0 Å². The molecule has 7 heteroatoms. The van der Waals surface area contributed by atoms with Crippen molar-refractivity contribution < 1.29 is 13.7 Å². The molecule has 0 fully saturated rings. The topological polar surface area (TPSA) is 66.2 Å². The van der Waals surface area contributed by atoms with E-state index in [9.17, 15) is 4.21 Å². The zero-order chi connectivity index (χ0) is 15.7. The van der Waals surface area contributed by atoms with E-state index in [-0.39, 0.29) is 6.10 Å². The number of ether oxygens (including phenoxy) is 2. The molecule has 2 atom stereocenters. The third-order valence-corrected chi connectivity index (χ3v) is 4.39. The maximum absolute atomic E-state index is 11.7. The van der Waals surface area contributed by atoms with Crippen LogP contribution in [0.25, 0.3) is 0 Å². The third kappa shape index (κ3) is 2.85. The molecule has 0 spiro atoms. The lowest BCUT2D eigenvalue weighted by Crippen LogP contribution is -2.07. The Morgan fingerprint density at radius 3 is 3.05 bits per heavy atom. The van der Waals surface area contributed by atoms with Crippen molar-refractivity contribution in [2.75, 3.05) is 12.9 Å². The van der Waals surface area contributed by atoms with Crippen LogP contribution in [0, 0.1) is 0 Å². The molecule has 0 bridgehead atoms. The molecule has 0 saturated heterocycles. The molecule has 2 heterocycles. The van der Waals surface area contributed by atoms with Gasteiger partial charge in [-0.3, -0.25) is 4.21 Å². The van der Waals surface area contributed by atoms with Gasteiger partial charge in [0.05, 0.1) is 24.0 Å². The number of hydrogen-bond donors (Lipinski definition) is 0. The molecule has 0 aliphatic carbocycles. The van der Waals surface area contributed by atoms with Crippen LogP contribution in [-0.4, -0.2) is 37.9 Å². The van der Waals surface area contributed by atoms with Crippen LogP contribution in [0.4, 0.5) is 0 Å². The van der Waals surface area contributed by atoms with Crippen LogP contribution < -0.4 is 9.47 Å². The molecule has 1 aromatic carbocycles. The van der Waals surface area contributed by atoms with Gasteiger partial charge < -0.3 is 14.0 Å². The molecular weight excluding hydrogens is 302 g/mol. The highest BCUT2D eigenvalue weighted by Crippen LogP contribution is 2.35. The van der Waals surface area contributed by atoms with Crippen molar-refractivity contribution in [3.63, 3.8) is 0 Å². The summed E-state index contributed by atoms with van der Waals surface area (Å²) in [6.07, 6.45) is 4.26. The fourth-order valence-corrected chi connectivity index (χ4v) is 3.26. The van der Waals surface area contributed by atoms with Crippen molar-refractivity contribution in [1.82, 2.24) is 14.8 Å². The molecule has 1 aromatic heterocycles. The van der Waals surface area contributed by atoms with Crippen LogP contribution in [0.2, 0.25) is 0 Å². The van der Waals surface area contributed by atoms with Crippen LogP contribution in [0.15, 0.2) is 23.6 Å². The monoisotopic (exact) mass is 321 g/mol. The van der Waals surface area contributed by atoms with Gasteiger partial charge in [0, 0.05) is 23.8 Å².